The number of fused-ring (bicyclic) bond motifs is 3. The number of ether oxygens (including phenoxy) is 2. The van der Waals surface area contributed by atoms with E-state index in [1.807, 2.05) is 0 Å². The van der Waals surface area contributed by atoms with E-state index in [9.17, 15) is 9.50 Å². The van der Waals surface area contributed by atoms with Crippen molar-refractivity contribution in [2.75, 3.05) is 34.0 Å². The summed E-state index contributed by atoms with van der Waals surface area (Å²) < 4.78 is 23.7. The second-order valence-electron chi connectivity index (χ2n) is 8.54. The number of piperidine rings is 1. The SMILES string of the molecule is COc1cc2c(cc1OC)[C@H]1C[C@@H](O)[C@H](CC(C)(C)CC[18F])CN1CC2. The summed E-state index contributed by atoms with van der Waals surface area (Å²) in [7, 11) is 3.32. The van der Waals surface area contributed by atoms with Gasteiger partial charge in [0.1, 0.15) is 0 Å². The molecule has 1 saturated heterocycles. The number of alkyl halides is 1. The van der Waals surface area contributed by atoms with Crippen molar-refractivity contribution in [3.05, 3.63) is 23.3 Å². The zero-order valence-corrected chi connectivity index (χ0v) is 16.4. The first-order valence-corrected chi connectivity index (χ1v) is 9.61. The quantitative estimate of drug-likeness (QED) is 0.835. The molecule has 0 aromatic heterocycles. The maximum atomic E-state index is 12.8. The first-order chi connectivity index (χ1) is 12.4. The van der Waals surface area contributed by atoms with E-state index in [1.165, 1.54) is 11.1 Å². The van der Waals surface area contributed by atoms with Crippen LogP contribution in [0.15, 0.2) is 12.1 Å². The maximum Gasteiger partial charge on any atom is 0.161 e. The number of halogens is 1. The molecule has 3 atom stereocenters. The van der Waals surface area contributed by atoms with Gasteiger partial charge in [-0.25, -0.2) is 0 Å². The number of rotatable bonds is 6. The molecular weight excluding hydrogens is 332 g/mol. The molecule has 1 aromatic rings. The van der Waals surface area contributed by atoms with Crippen LogP contribution >= 0.6 is 0 Å². The van der Waals surface area contributed by atoms with Gasteiger partial charge in [-0.3, -0.25) is 9.29 Å². The lowest BCUT2D eigenvalue weighted by Gasteiger charge is -2.47. The maximum absolute atomic E-state index is 12.8. The van der Waals surface area contributed by atoms with Gasteiger partial charge in [0.2, 0.25) is 0 Å². The van der Waals surface area contributed by atoms with E-state index in [2.05, 4.69) is 30.9 Å². The van der Waals surface area contributed by atoms with Crippen molar-refractivity contribution >= 4 is 0 Å². The van der Waals surface area contributed by atoms with Crippen LogP contribution in [0.25, 0.3) is 0 Å². The molecule has 146 valence electrons. The van der Waals surface area contributed by atoms with Crippen molar-refractivity contribution < 1.29 is 19.0 Å². The minimum absolute atomic E-state index is 0.0719. The third-order valence-corrected chi connectivity index (χ3v) is 6.18. The molecule has 5 heteroatoms. The highest BCUT2D eigenvalue weighted by Crippen LogP contribution is 2.44. The van der Waals surface area contributed by atoms with Gasteiger partial charge in [0.25, 0.3) is 0 Å². The summed E-state index contributed by atoms with van der Waals surface area (Å²) >= 11 is 0. The summed E-state index contributed by atoms with van der Waals surface area (Å²) in [5, 5.41) is 10.8. The van der Waals surface area contributed by atoms with Crippen LogP contribution in [0.1, 0.15) is 50.3 Å². The van der Waals surface area contributed by atoms with Gasteiger partial charge in [-0.1, -0.05) is 13.8 Å². The molecule has 1 aromatic carbocycles. The van der Waals surface area contributed by atoms with Gasteiger partial charge in [0.05, 0.1) is 27.0 Å². The van der Waals surface area contributed by atoms with E-state index in [4.69, 9.17) is 9.47 Å². The van der Waals surface area contributed by atoms with E-state index in [-0.39, 0.29) is 30.2 Å². The lowest BCUT2D eigenvalue weighted by molar-refractivity contribution is -0.0287. The van der Waals surface area contributed by atoms with Crippen LogP contribution < -0.4 is 9.47 Å². The molecule has 0 radical (unpaired) electrons. The highest BCUT2D eigenvalue weighted by atomic mass is 18.2. The Labute approximate surface area is 156 Å². The van der Waals surface area contributed by atoms with Crippen LogP contribution in [0.5, 0.6) is 11.5 Å². The van der Waals surface area contributed by atoms with Gasteiger partial charge in [-0.15, -0.1) is 0 Å². The number of hydrogen-bond donors (Lipinski definition) is 1. The smallest absolute Gasteiger partial charge is 0.161 e. The summed E-state index contributed by atoms with van der Waals surface area (Å²) in [5.74, 6) is 1.71. The van der Waals surface area contributed by atoms with E-state index in [0.29, 0.717) is 6.42 Å². The fraction of sp³-hybridized carbons (Fsp3) is 0.714. The summed E-state index contributed by atoms with van der Waals surface area (Å²) in [6.45, 7) is 5.77. The Kier molecular flexibility index (Phi) is 5.78. The molecule has 0 bridgehead atoms. The molecule has 2 aliphatic heterocycles. The Hall–Kier alpha value is -1.33. The minimum Gasteiger partial charge on any atom is -0.493 e. The number of hydrogen-bond acceptors (Lipinski definition) is 4. The fourth-order valence-electron chi connectivity index (χ4n) is 4.69. The predicted octanol–water partition coefficient (Wildman–Crippen LogP) is 3.76. The van der Waals surface area contributed by atoms with Crippen LogP contribution in [-0.2, 0) is 6.42 Å². The summed E-state index contributed by atoms with van der Waals surface area (Å²) in [4.78, 5) is 2.48. The van der Waals surface area contributed by atoms with E-state index >= 15 is 0 Å². The molecular formula is C21H32FNO3. The molecule has 0 aliphatic carbocycles. The van der Waals surface area contributed by atoms with Gasteiger partial charge in [0.15, 0.2) is 11.5 Å². The van der Waals surface area contributed by atoms with Crippen molar-refractivity contribution in [1.29, 1.82) is 0 Å². The van der Waals surface area contributed by atoms with Crippen molar-refractivity contribution in [3.8, 4) is 11.5 Å². The highest BCUT2D eigenvalue weighted by Gasteiger charge is 2.40. The molecule has 2 heterocycles. The van der Waals surface area contributed by atoms with Crippen LogP contribution in [0, 0.1) is 11.3 Å². The summed E-state index contributed by atoms with van der Waals surface area (Å²) in [5.41, 5.74) is 2.46. The third kappa shape index (κ3) is 3.84. The monoisotopic (exact) mass is 364 g/mol. The molecule has 4 nitrogen and oxygen atoms in total. The lowest BCUT2D eigenvalue weighted by atomic mass is 9.74. The topological polar surface area (TPSA) is 41.9 Å². The standard InChI is InChI=1S/C21H32FNO3/c1-21(2,6-7-22)12-15-13-23-8-5-14-9-19(25-3)20(26-4)10-16(14)17(23)11-18(15)24/h9-10,15,17-18,24H,5-8,11-13H2,1-4H3/t15-,17-,18-/m1/s1/i22-1. The second-order valence-corrected chi connectivity index (χ2v) is 8.54. The van der Waals surface area contributed by atoms with Crippen LogP contribution in [0.4, 0.5) is 4.39 Å². The van der Waals surface area contributed by atoms with Crippen LogP contribution in [0.3, 0.4) is 0 Å². The first-order valence-electron chi connectivity index (χ1n) is 9.61. The number of nitrogens with zero attached hydrogens (tertiary/aromatic N) is 1. The Morgan fingerprint density at radius 2 is 1.92 bits per heavy atom. The third-order valence-electron chi connectivity index (χ3n) is 6.18. The van der Waals surface area contributed by atoms with Crippen LogP contribution in [-0.4, -0.2) is 50.1 Å². The number of methoxy groups -OCH3 is 2. The van der Waals surface area contributed by atoms with Crippen molar-refractivity contribution in [3.63, 3.8) is 0 Å². The van der Waals surface area contributed by atoms with E-state index in [1.54, 1.807) is 14.2 Å². The fourth-order valence-corrected chi connectivity index (χ4v) is 4.69. The minimum atomic E-state index is -0.353. The molecule has 0 amide bonds. The van der Waals surface area contributed by atoms with Gasteiger partial charge in [0, 0.05) is 19.1 Å². The van der Waals surface area contributed by atoms with E-state index in [0.717, 1.165) is 43.9 Å². The van der Waals surface area contributed by atoms with Gasteiger partial charge < -0.3 is 14.6 Å². The van der Waals surface area contributed by atoms with Crippen molar-refractivity contribution in [2.45, 2.75) is 51.7 Å². The van der Waals surface area contributed by atoms with Crippen molar-refractivity contribution in [1.82, 2.24) is 4.90 Å². The summed E-state index contributed by atoms with van der Waals surface area (Å²) in [6, 6.07) is 4.37. The van der Waals surface area contributed by atoms with Gasteiger partial charge >= 0.3 is 0 Å². The first kappa shape index (κ1) is 19.4. The largest absolute Gasteiger partial charge is 0.493 e. The predicted molar refractivity (Wildman–Crippen MR) is 101 cm³/mol. The Morgan fingerprint density at radius 3 is 2.58 bits per heavy atom. The zero-order valence-electron chi connectivity index (χ0n) is 16.4. The molecule has 1 N–H and O–H groups in total. The summed E-state index contributed by atoms with van der Waals surface area (Å²) in [6.07, 6.45) is 2.76. The zero-order chi connectivity index (χ0) is 18.9. The molecule has 0 unspecified atom stereocenters. The normalized spacial score (nSPS) is 26.2. The number of aliphatic hydroxyl groups excluding tert-OH is 1. The molecule has 3 rings (SSSR count). The van der Waals surface area contributed by atoms with Gasteiger partial charge in [-0.05, 0) is 60.3 Å². The average Bonchev–Trinajstić information content (AvgIpc) is 2.60. The Balaban J connectivity index is 1.80. The molecule has 1 fully saturated rings. The second kappa shape index (κ2) is 7.73. The van der Waals surface area contributed by atoms with Gasteiger partial charge in [-0.2, -0.15) is 0 Å². The number of benzene rings is 1. The highest BCUT2D eigenvalue weighted by molar-refractivity contribution is 5.49. The molecule has 0 saturated carbocycles. The number of aliphatic hydroxyl groups is 1. The average molecular weight is 364 g/mol. The molecule has 26 heavy (non-hydrogen) atoms. The van der Waals surface area contributed by atoms with Crippen LogP contribution in [0.2, 0.25) is 0 Å². The Morgan fingerprint density at radius 1 is 1.23 bits per heavy atom. The van der Waals surface area contributed by atoms with Crippen molar-refractivity contribution in [2.24, 2.45) is 11.3 Å². The molecule has 2 aliphatic rings. The Bertz CT molecular complexity index is 634. The molecule has 0 spiro atoms. The lowest BCUT2D eigenvalue weighted by Crippen LogP contribution is -2.49. The van der Waals surface area contributed by atoms with E-state index < -0.39 is 0 Å².